The Morgan fingerprint density at radius 1 is 1.25 bits per heavy atom. The second-order valence-corrected chi connectivity index (χ2v) is 4.66. The van der Waals surface area contributed by atoms with E-state index in [0.29, 0.717) is 24.5 Å². The van der Waals surface area contributed by atoms with E-state index in [-0.39, 0.29) is 16.5 Å². The predicted molar refractivity (Wildman–Crippen MR) is 57.3 cm³/mol. The number of nitrogens with zero attached hydrogens (tertiary/aromatic N) is 1. The van der Waals surface area contributed by atoms with E-state index in [1.165, 1.54) is 5.56 Å². The van der Waals surface area contributed by atoms with Gasteiger partial charge in [0.15, 0.2) is 0 Å². The quantitative estimate of drug-likeness (QED) is 0.535. The Morgan fingerprint density at radius 3 is 2.81 bits per heavy atom. The standard InChI is InChI=1S/C12H11NO3/c14-10-4-8-3-7-1-2-9(13(15)16)5-11(7)12(8)6-10/h1-2,5,8,12H,3-4,6H2. The van der Waals surface area contributed by atoms with E-state index in [1.807, 2.05) is 6.07 Å². The van der Waals surface area contributed by atoms with Gasteiger partial charge >= 0.3 is 0 Å². The minimum absolute atomic E-state index is 0.138. The van der Waals surface area contributed by atoms with Gasteiger partial charge in [0.25, 0.3) is 5.69 Å². The fourth-order valence-corrected chi connectivity index (χ4v) is 3.02. The van der Waals surface area contributed by atoms with Gasteiger partial charge in [-0.3, -0.25) is 14.9 Å². The van der Waals surface area contributed by atoms with Crippen molar-refractivity contribution in [2.75, 3.05) is 0 Å². The molecule has 1 saturated carbocycles. The number of nitro benzene ring substituents is 1. The van der Waals surface area contributed by atoms with Gasteiger partial charge in [0.1, 0.15) is 5.78 Å². The Bertz CT molecular complexity index is 495. The topological polar surface area (TPSA) is 60.2 Å². The maximum Gasteiger partial charge on any atom is 0.269 e. The SMILES string of the molecule is O=C1CC2Cc3ccc([N+](=O)[O-])cc3C2C1. The van der Waals surface area contributed by atoms with Crippen LogP contribution in [0.2, 0.25) is 0 Å². The molecule has 3 rings (SSSR count). The summed E-state index contributed by atoms with van der Waals surface area (Å²) >= 11 is 0. The normalized spacial score (nSPS) is 26.6. The van der Waals surface area contributed by atoms with Crippen molar-refractivity contribution < 1.29 is 9.72 Å². The third-order valence-corrected chi connectivity index (χ3v) is 3.73. The molecule has 0 spiro atoms. The minimum Gasteiger partial charge on any atom is -0.300 e. The van der Waals surface area contributed by atoms with Crippen LogP contribution in [0.3, 0.4) is 0 Å². The summed E-state index contributed by atoms with van der Waals surface area (Å²) in [5.74, 6) is 0.930. The molecule has 2 unspecified atom stereocenters. The number of Topliss-reactive ketones (excluding diaryl/α,β-unsaturated/α-hetero) is 1. The molecule has 2 aliphatic carbocycles. The highest BCUT2D eigenvalue weighted by Gasteiger charge is 2.40. The second kappa shape index (κ2) is 3.14. The molecule has 2 aliphatic rings. The Labute approximate surface area is 92.4 Å². The van der Waals surface area contributed by atoms with Crippen LogP contribution in [0.1, 0.15) is 29.9 Å². The maximum atomic E-state index is 11.4. The van der Waals surface area contributed by atoms with Gasteiger partial charge in [0.05, 0.1) is 4.92 Å². The van der Waals surface area contributed by atoms with Crippen LogP contribution >= 0.6 is 0 Å². The average Bonchev–Trinajstić information content (AvgIpc) is 2.72. The molecule has 1 fully saturated rings. The summed E-state index contributed by atoms with van der Waals surface area (Å²) in [5, 5.41) is 10.7. The molecule has 1 aromatic carbocycles. The van der Waals surface area contributed by atoms with Gasteiger partial charge in [-0.25, -0.2) is 0 Å². The molecule has 1 aromatic rings. The summed E-state index contributed by atoms with van der Waals surface area (Å²) in [5.41, 5.74) is 2.36. The van der Waals surface area contributed by atoms with Gasteiger partial charge in [-0.15, -0.1) is 0 Å². The number of carbonyl (C=O) groups is 1. The molecule has 0 bridgehead atoms. The molecule has 0 heterocycles. The van der Waals surface area contributed by atoms with E-state index < -0.39 is 0 Å². The van der Waals surface area contributed by atoms with E-state index in [4.69, 9.17) is 0 Å². The van der Waals surface area contributed by atoms with Crippen LogP contribution in [0.15, 0.2) is 18.2 Å². The highest BCUT2D eigenvalue weighted by Crippen LogP contribution is 2.47. The number of rotatable bonds is 1. The molecule has 0 saturated heterocycles. The van der Waals surface area contributed by atoms with Gasteiger partial charge in [-0.05, 0) is 29.4 Å². The molecule has 82 valence electrons. The first-order chi connectivity index (χ1) is 7.65. The van der Waals surface area contributed by atoms with Crippen LogP contribution in [0.4, 0.5) is 5.69 Å². The van der Waals surface area contributed by atoms with E-state index in [9.17, 15) is 14.9 Å². The van der Waals surface area contributed by atoms with Crippen molar-refractivity contribution in [3.63, 3.8) is 0 Å². The summed E-state index contributed by atoms with van der Waals surface area (Å²) < 4.78 is 0. The monoisotopic (exact) mass is 217 g/mol. The molecule has 0 N–H and O–H groups in total. The van der Waals surface area contributed by atoms with Crippen LogP contribution in [-0.2, 0) is 11.2 Å². The van der Waals surface area contributed by atoms with Crippen molar-refractivity contribution in [1.82, 2.24) is 0 Å². The molecule has 0 radical (unpaired) electrons. The molecule has 2 atom stereocenters. The molecule has 0 aromatic heterocycles. The van der Waals surface area contributed by atoms with Crippen LogP contribution in [-0.4, -0.2) is 10.7 Å². The Morgan fingerprint density at radius 2 is 2.06 bits per heavy atom. The summed E-state index contributed by atoms with van der Waals surface area (Å²) in [4.78, 5) is 21.7. The molecule has 16 heavy (non-hydrogen) atoms. The highest BCUT2D eigenvalue weighted by atomic mass is 16.6. The van der Waals surface area contributed by atoms with Crippen LogP contribution in [0.5, 0.6) is 0 Å². The number of hydrogen-bond donors (Lipinski definition) is 0. The average molecular weight is 217 g/mol. The van der Waals surface area contributed by atoms with Crippen LogP contribution in [0, 0.1) is 16.0 Å². The third-order valence-electron chi connectivity index (χ3n) is 3.73. The van der Waals surface area contributed by atoms with Gasteiger partial charge in [0, 0.05) is 25.0 Å². The molecular formula is C12H11NO3. The number of nitro groups is 1. The number of benzene rings is 1. The van der Waals surface area contributed by atoms with E-state index in [1.54, 1.807) is 12.1 Å². The van der Waals surface area contributed by atoms with Gasteiger partial charge in [-0.2, -0.15) is 0 Å². The number of fused-ring (bicyclic) bond motifs is 3. The third kappa shape index (κ3) is 1.26. The zero-order valence-corrected chi connectivity index (χ0v) is 8.68. The Balaban J connectivity index is 2.04. The van der Waals surface area contributed by atoms with Crippen molar-refractivity contribution in [3.05, 3.63) is 39.4 Å². The number of carbonyl (C=O) groups excluding carboxylic acids is 1. The predicted octanol–water partition coefficient (Wildman–Crippen LogP) is 2.21. The molecular weight excluding hydrogens is 206 g/mol. The second-order valence-electron chi connectivity index (χ2n) is 4.66. The van der Waals surface area contributed by atoms with Gasteiger partial charge < -0.3 is 0 Å². The molecule has 0 amide bonds. The zero-order valence-electron chi connectivity index (χ0n) is 8.68. The zero-order chi connectivity index (χ0) is 11.3. The lowest BCUT2D eigenvalue weighted by atomic mass is 9.96. The smallest absolute Gasteiger partial charge is 0.269 e. The van der Waals surface area contributed by atoms with Crippen molar-refractivity contribution in [3.8, 4) is 0 Å². The molecule has 4 nitrogen and oxygen atoms in total. The first kappa shape index (κ1) is 9.51. The van der Waals surface area contributed by atoms with Gasteiger partial charge in [0.2, 0.25) is 0 Å². The number of non-ortho nitro benzene ring substituents is 1. The fourth-order valence-electron chi connectivity index (χ4n) is 3.02. The molecule has 4 heteroatoms. The lowest BCUT2D eigenvalue weighted by molar-refractivity contribution is -0.384. The van der Waals surface area contributed by atoms with Crippen molar-refractivity contribution >= 4 is 11.5 Å². The number of hydrogen-bond acceptors (Lipinski definition) is 3. The van der Waals surface area contributed by atoms with E-state index in [0.717, 1.165) is 12.0 Å². The minimum atomic E-state index is -0.371. The largest absolute Gasteiger partial charge is 0.300 e. The fraction of sp³-hybridized carbons (Fsp3) is 0.417. The van der Waals surface area contributed by atoms with E-state index in [2.05, 4.69) is 0 Å². The highest BCUT2D eigenvalue weighted by molar-refractivity contribution is 5.83. The maximum absolute atomic E-state index is 11.4. The Kier molecular flexibility index (Phi) is 1.87. The van der Waals surface area contributed by atoms with Crippen molar-refractivity contribution in [1.29, 1.82) is 0 Å². The lowest BCUT2D eigenvalue weighted by Crippen LogP contribution is -1.97. The lowest BCUT2D eigenvalue weighted by Gasteiger charge is -2.07. The first-order valence-corrected chi connectivity index (χ1v) is 5.44. The summed E-state index contributed by atoms with van der Waals surface area (Å²) in [6.07, 6.45) is 2.12. The van der Waals surface area contributed by atoms with Crippen molar-refractivity contribution in [2.45, 2.75) is 25.2 Å². The summed E-state index contributed by atoms with van der Waals surface area (Å²) in [6.45, 7) is 0. The van der Waals surface area contributed by atoms with E-state index >= 15 is 0 Å². The Hall–Kier alpha value is -1.71. The first-order valence-electron chi connectivity index (χ1n) is 5.44. The molecule has 0 aliphatic heterocycles. The summed E-state index contributed by atoms with van der Waals surface area (Å²) in [6, 6.07) is 5.05. The van der Waals surface area contributed by atoms with Crippen LogP contribution in [0.25, 0.3) is 0 Å². The summed E-state index contributed by atoms with van der Waals surface area (Å²) in [7, 11) is 0. The van der Waals surface area contributed by atoms with Gasteiger partial charge in [-0.1, -0.05) is 6.07 Å². The van der Waals surface area contributed by atoms with Crippen LogP contribution < -0.4 is 0 Å². The van der Waals surface area contributed by atoms with Crippen molar-refractivity contribution in [2.24, 2.45) is 5.92 Å². The number of ketones is 1.